The number of hydrogen-bond acceptors (Lipinski definition) is 6. The van der Waals surface area contributed by atoms with Gasteiger partial charge >= 0.3 is 6.09 Å². The first-order chi connectivity index (χ1) is 11.5. The van der Waals surface area contributed by atoms with Gasteiger partial charge in [0.15, 0.2) is 0 Å². The fourth-order valence-electron chi connectivity index (χ4n) is 2.01. The molecule has 0 radical (unpaired) electrons. The minimum Gasteiger partial charge on any atom is -0.445 e. The quantitative estimate of drug-likeness (QED) is 0.447. The van der Waals surface area contributed by atoms with Gasteiger partial charge < -0.3 is 4.74 Å². The minimum atomic E-state index is -4.18. The van der Waals surface area contributed by atoms with Gasteiger partial charge in [0, 0.05) is 12.1 Å². The predicted molar refractivity (Wildman–Crippen MR) is 92.6 cm³/mol. The van der Waals surface area contributed by atoms with Crippen LogP contribution < -0.4 is 4.72 Å². The summed E-state index contributed by atoms with van der Waals surface area (Å²) in [5.41, 5.74) is -0.629. The first kappa shape index (κ1) is 20.6. The zero-order valence-corrected chi connectivity index (χ0v) is 15.2. The number of carbonyl (C=O) groups excluding carboxylic acids is 1. The molecule has 0 saturated carbocycles. The summed E-state index contributed by atoms with van der Waals surface area (Å²) in [6, 6.07) is 4.18. The summed E-state index contributed by atoms with van der Waals surface area (Å²) >= 11 is 0. The van der Waals surface area contributed by atoms with Crippen LogP contribution in [0.5, 0.6) is 0 Å². The van der Waals surface area contributed by atoms with E-state index in [1.807, 2.05) is 25.5 Å². The Kier molecular flexibility index (Phi) is 6.69. The molecule has 1 atom stereocenters. The molecule has 1 amide bonds. The zero-order chi connectivity index (χ0) is 19.3. The fraction of sp³-hybridized carbons (Fsp3) is 0.438. The smallest absolute Gasteiger partial charge is 0.421 e. The van der Waals surface area contributed by atoms with Gasteiger partial charge in [0.1, 0.15) is 6.10 Å². The number of carbonyl (C=O) groups is 1. The number of allylic oxidation sites excluding steroid dienone is 1. The Bertz CT molecular complexity index is 735. The number of rotatable bonds is 7. The van der Waals surface area contributed by atoms with E-state index in [0.29, 0.717) is 12.8 Å². The van der Waals surface area contributed by atoms with Crippen LogP contribution in [-0.4, -0.2) is 25.5 Å². The Morgan fingerprint density at radius 3 is 2.36 bits per heavy atom. The lowest BCUT2D eigenvalue weighted by Gasteiger charge is -2.30. The summed E-state index contributed by atoms with van der Waals surface area (Å²) in [7, 11) is -4.18. The van der Waals surface area contributed by atoms with E-state index < -0.39 is 27.1 Å². The van der Waals surface area contributed by atoms with Crippen LogP contribution >= 0.6 is 0 Å². The summed E-state index contributed by atoms with van der Waals surface area (Å²) in [4.78, 5) is 21.7. The molecule has 9 heteroatoms. The highest BCUT2D eigenvalue weighted by atomic mass is 32.2. The highest BCUT2D eigenvalue weighted by Crippen LogP contribution is 2.26. The average molecular weight is 370 g/mol. The molecule has 0 aromatic heterocycles. The van der Waals surface area contributed by atoms with Crippen LogP contribution in [0.25, 0.3) is 0 Å². The van der Waals surface area contributed by atoms with E-state index in [1.165, 1.54) is 0 Å². The van der Waals surface area contributed by atoms with Crippen molar-refractivity contribution in [1.29, 1.82) is 0 Å². The lowest BCUT2D eigenvalue weighted by Crippen LogP contribution is -2.38. The van der Waals surface area contributed by atoms with Gasteiger partial charge in [-0.1, -0.05) is 26.8 Å². The molecule has 0 saturated heterocycles. The monoisotopic (exact) mass is 370 g/mol. The van der Waals surface area contributed by atoms with E-state index in [2.05, 4.69) is 6.58 Å². The van der Waals surface area contributed by atoms with Crippen LogP contribution in [0.2, 0.25) is 0 Å². The van der Waals surface area contributed by atoms with Crippen molar-refractivity contribution in [2.45, 2.75) is 44.6 Å². The zero-order valence-electron chi connectivity index (χ0n) is 14.4. The largest absolute Gasteiger partial charge is 0.445 e. The van der Waals surface area contributed by atoms with Crippen molar-refractivity contribution < 1.29 is 22.9 Å². The van der Waals surface area contributed by atoms with Crippen molar-refractivity contribution in [3.8, 4) is 0 Å². The maximum atomic E-state index is 12.2. The molecule has 0 fully saturated rings. The van der Waals surface area contributed by atoms with E-state index >= 15 is 0 Å². The van der Waals surface area contributed by atoms with Crippen LogP contribution in [0.3, 0.4) is 0 Å². The van der Waals surface area contributed by atoms with Gasteiger partial charge in [0.2, 0.25) is 0 Å². The molecule has 1 N–H and O–H groups in total. The minimum absolute atomic E-state index is 0.251. The summed E-state index contributed by atoms with van der Waals surface area (Å²) in [5, 5.41) is 10.6. The molecule has 1 aromatic carbocycles. The lowest BCUT2D eigenvalue weighted by molar-refractivity contribution is -0.384. The number of hydrogen-bond donors (Lipinski definition) is 1. The molecule has 0 aliphatic heterocycles. The number of non-ortho nitro benzene ring substituents is 1. The molecule has 1 aromatic rings. The standard InChI is InChI=1S/C16H22N2O6S/c1-5-6-7-14(16(2,3)4)24-15(19)17-25(22,23)13-10-8-12(9-11-13)18(20)21/h5,8-11,14H,1,6-7H2,2-4H3,(H,17,19). The third-order valence-electron chi connectivity index (χ3n) is 3.42. The highest BCUT2D eigenvalue weighted by molar-refractivity contribution is 7.90. The molecule has 0 bridgehead atoms. The lowest BCUT2D eigenvalue weighted by atomic mass is 9.86. The Hall–Kier alpha value is -2.42. The van der Waals surface area contributed by atoms with E-state index in [0.717, 1.165) is 24.3 Å². The summed E-state index contributed by atoms with van der Waals surface area (Å²) in [5.74, 6) is 0. The van der Waals surface area contributed by atoms with Crippen LogP contribution in [0, 0.1) is 15.5 Å². The number of benzene rings is 1. The Morgan fingerprint density at radius 2 is 1.92 bits per heavy atom. The van der Waals surface area contributed by atoms with Gasteiger partial charge in [-0.3, -0.25) is 10.1 Å². The van der Waals surface area contributed by atoms with E-state index in [1.54, 1.807) is 6.08 Å². The molecule has 138 valence electrons. The van der Waals surface area contributed by atoms with Crippen molar-refractivity contribution >= 4 is 21.8 Å². The molecular formula is C16H22N2O6S. The second-order valence-corrected chi connectivity index (χ2v) is 8.16. The van der Waals surface area contributed by atoms with E-state index in [-0.39, 0.29) is 16.0 Å². The Morgan fingerprint density at radius 1 is 1.36 bits per heavy atom. The average Bonchev–Trinajstić information content (AvgIpc) is 2.49. The molecule has 1 rings (SSSR count). The van der Waals surface area contributed by atoms with Crippen LogP contribution in [0.4, 0.5) is 10.5 Å². The number of nitro groups is 1. The van der Waals surface area contributed by atoms with Crippen LogP contribution in [-0.2, 0) is 14.8 Å². The number of nitro benzene ring substituents is 1. The number of nitrogens with one attached hydrogen (secondary N) is 1. The van der Waals surface area contributed by atoms with Gasteiger partial charge in [-0.15, -0.1) is 6.58 Å². The van der Waals surface area contributed by atoms with Gasteiger partial charge in [0.25, 0.3) is 15.7 Å². The topological polar surface area (TPSA) is 116 Å². The van der Waals surface area contributed by atoms with Crippen LogP contribution in [0.15, 0.2) is 41.8 Å². The highest BCUT2D eigenvalue weighted by Gasteiger charge is 2.29. The first-order valence-corrected chi connectivity index (χ1v) is 9.04. The summed E-state index contributed by atoms with van der Waals surface area (Å²) in [6.45, 7) is 9.23. The number of nitrogens with zero attached hydrogens (tertiary/aromatic N) is 1. The maximum Gasteiger partial charge on any atom is 0.421 e. The Balaban J connectivity index is 2.85. The molecule has 25 heavy (non-hydrogen) atoms. The molecule has 0 aliphatic carbocycles. The predicted octanol–water partition coefficient (Wildman–Crippen LogP) is 3.39. The molecular weight excluding hydrogens is 348 g/mol. The van der Waals surface area contributed by atoms with Gasteiger partial charge in [-0.2, -0.15) is 0 Å². The number of amides is 1. The molecule has 0 aliphatic rings. The summed E-state index contributed by atoms with van der Waals surface area (Å²) < 4.78 is 31.4. The van der Waals surface area contributed by atoms with E-state index in [4.69, 9.17) is 4.74 Å². The molecule has 1 unspecified atom stereocenters. The van der Waals surface area contributed by atoms with Crippen molar-refractivity contribution in [3.05, 3.63) is 47.0 Å². The second-order valence-electron chi connectivity index (χ2n) is 6.48. The number of ether oxygens (including phenoxy) is 1. The van der Waals surface area contributed by atoms with Crippen molar-refractivity contribution in [1.82, 2.24) is 4.72 Å². The van der Waals surface area contributed by atoms with Gasteiger partial charge in [-0.25, -0.2) is 17.9 Å². The van der Waals surface area contributed by atoms with Gasteiger partial charge in [-0.05, 0) is 30.4 Å². The van der Waals surface area contributed by atoms with Crippen molar-refractivity contribution in [2.24, 2.45) is 5.41 Å². The van der Waals surface area contributed by atoms with Gasteiger partial charge in [0.05, 0.1) is 9.82 Å². The fourth-order valence-corrected chi connectivity index (χ4v) is 2.89. The molecule has 8 nitrogen and oxygen atoms in total. The molecule has 0 spiro atoms. The van der Waals surface area contributed by atoms with Crippen molar-refractivity contribution in [2.75, 3.05) is 0 Å². The Labute approximate surface area is 147 Å². The first-order valence-electron chi connectivity index (χ1n) is 7.56. The normalized spacial score (nSPS) is 12.9. The van der Waals surface area contributed by atoms with E-state index in [9.17, 15) is 23.3 Å². The maximum absolute atomic E-state index is 12.2. The summed E-state index contributed by atoms with van der Waals surface area (Å²) in [6.07, 6.45) is 1.22. The second kappa shape index (κ2) is 8.11. The van der Waals surface area contributed by atoms with Crippen LogP contribution in [0.1, 0.15) is 33.6 Å². The third kappa shape index (κ3) is 6.18. The SMILES string of the molecule is C=CCCC(OC(=O)NS(=O)(=O)c1ccc([N+](=O)[O-])cc1)C(C)(C)C. The van der Waals surface area contributed by atoms with Crippen molar-refractivity contribution in [3.63, 3.8) is 0 Å². The number of sulfonamides is 1. The molecule has 0 heterocycles. The third-order valence-corrected chi connectivity index (χ3v) is 4.75.